The smallest absolute Gasteiger partial charge is 0.271 e. The number of nitro benzene ring substituents is 1. The van der Waals surface area contributed by atoms with E-state index in [-0.39, 0.29) is 11.3 Å². The van der Waals surface area contributed by atoms with Gasteiger partial charge in [-0.3, -0.25) is 14.9 Å². The Balaban J connectivity index is 2.25. The number of nitrogens with zero attached hydrogens (tertiary/aromatic N) is 1. The van der Waals surface area contributed by atoms with E-state index in [1.807, 2.05) is 6.07 Å². The number of alkyl halides is 1. The van der Waals surface area contributed by atoms with Gasteiger partial charge >= 0.3 is 0 Å². The van der Waals surface area contributed by atoms with Gasteiger partial charge in [-0.1, -0.05) is 28.1 Å². The second-order valence-electron chi connectivity index (χ2n) is 4.24. The average molecular weight is 370 g/mol. The molecule has 0 aliphatic heterocycles. The molecule has 21 heavy (non-hydrogen) atoms. The molecule has 0 saturated heterocycles. The van der Waals surface area contributed by atoms with E-state index in [0.29, 0.717) is 16.0 Å². The van der Waals surface area contributed by atoms with Crippen molar-refractivity contribution in [2.24, 2.45) is 0 Å². The Morgan fingerprint density at radius 2 is 2.05 bits per heavy atom. The Labute approximate surface area is 134 Å². The lowest BCUT2D eigenvalue weighted by Crippen LogP contribution is -2.12. The number of rotatable bonds is 4. The van der Waals surface area contributed by atoms with Crippen LogP contribution in [0.5, 0.6) is 0 Å². The van der Waals surface area contributed by atoms with Crippen LogP contribution in [0, 0.1) is 10.1 Å². The van der Waals surface area contributed by atoms with Crippen LogP contribution in [-0.4, -0.2) is 10.8 Å². The zero-order valence-electron chi connectivity index (χ0n) is 10.7. The predicted octanol–water partition coefficient (Wildman–Crippen LogP) is 4.35. The van der Waals surface area contributed by atoms with Crippen molar-refractivity contribution in [1.82, 2.24) is 0 Å². The first kappa shape index (κ1) is 15.5. The number of anilines is 1. The number of halogens is 2. The maximum atomic E-state index is 12.2. The number of hydrogen-bond donors (Lipinski definition) is 1. The summed E-state index contributed by atoms with van der Waals surface area (Å²) in [5, 5.41) is 13.5. The van der Waals surface area contributed by atoms with Crippen LogP contribution in [0.2, 0.25) is 0 Å². The minimum atomic E-state index is -0.546. The van der Waals surface area contributed by atoms with Gasteiger partial charge in [0, 0.05) is 33.7 Å². The largest absolute Gasteiger partial charge is 0.322 e. The van der Waals surface area contributed by atoms with Gasteiger partial charge in [-0.2, -0.15) is 0 Å². The van der Waals surface area contributed by atoms with Crippen LogP contribution in [0.4, 0.5) is 11.4 Å². The fraction of sp³-hybridized carbons (Fsp3) is 0.0714. The zero-order valence-corrected chi connectivity index (χ0v) is 13.0. The first-order chi connectivity index (χ1) is 9.99. The van der Waals surface area contributed by atoms with E-state index >= 15 is 0 Å². The number of amides is 1. The highest BCUT2D eigenvalue weighted by molar-refractivity contribution is 9.10. The molecule has 0 fully saturated rings. The molecular formula is C14H10BrClN2O3. The summed E-state index contributed by atoms with van der Waals surface area (Å²) in [5.41, 5.74) is 1.51. The number of nitrogens with one attached hydrogen (secondary N) is 1. The van der Waals surface area contributed by atoms with Crippen molar-refractivity contribution >= 4 is 44.8 Å². The highest BCUT2D eigenvalue weighted by Crippen LogP contribution is 2.22. The van der Waals surface area contributed by atoms with E-state index in [4.69, 9.17) is 11.6 Å². The summed E-state index contributed by atoms with van der Waals surface area (Å²) < 4.78 is 0.469. The minimum absolute atomic E-state index is 0.149. The first-order valence-corrected chi connectivity index (χ1v) is 7.23. The molecule has 0 heterocycles. The highest BCUT2D eigenvalue weighted by atomic mass is 79.9. The van der Waals surface area contributed by atoms with Crippen molar-refractivity contribution in [1.29, 1.82) is 0 Å². The van der Waals surface area contributed by atoms with Crippen LogP contribution < -0.4 is 5.32 Å². The molecule has 0 aliphatic rings. The molecule has 0 bridgehead atoms. The Morgan fingerprint density at radius 1 is 1.29 bits per heavy atom. The van der Waals surface area contributed by atoms with Crippen molar-refractivity contribution in [3.63, 3.8) is 0 Å². The molecule has 0 spiro atoms. The fourth-order valence-corrected chi connectivity index (χ4v) is 2.39. The summed E-state index contributed by atoms with van der Waals surface area (Å²) in [7, 11) is 0. The maximum absolute atomic E-state index is 12.2. The number of carbonyl (C=O) groups is 1. The summed E-state index contributed by atoms with van der Waals surface area (Å²) in [6.07, 6.45) is 0. The number of carbonyl (C=O) groups excluding carboxylic acids is 1. The third-order valence-corrected chi connectivity index (χ3v) is 3.46. The normalized spacial score (nSPS) is 10.2. The van der Waals surface area contributed by atoms with Crippen molar-refractivity contribution in [2.45, 2.75) is 5.88 Å². The summed E-state index contributed by atoms with van der Waals surface area (Å²) in [4.78, 5) is 22.4. The fourth-order valence-electron chi connectivity index (χ4n) is 1.75. The molecule has 5 nitrogen and oxygen atoms in total. The van der Waals surface area contributed by atoms with Gasteiger partial charge in [0.15, 0.2) is 0 Å². The Morgan fingerprint density at radius 3 is 2.71 bits per heavy atom. The quantitative estimate of drug-likeness (QED) is 0.495. The molecule has 2 aromatic carbocycles. The molecule has 0 radical (unpaired) electrons. The minimum Gasteiger partial charge on any atom is -0.322 e. The molecule has 2 rings (SSSR count). The van der Waals surface area contributed by atoms with Crippen LogP contribution in [0.1, 0.15) is 15.9 Å². The molecule has 7 heteroatoms. The Bertz CT molecular complexity index is 706. The van der Waals surface area contributed by atoms with E-state index in [1.165, 1.54) is 18.2 Å². The number of nitro groups is 1. The van der Waals surface area contributed by atoms with Crippen LogP contribution in [0.3, 0.4) is 0 Å². The van der Waals surface area contributed by atoms with E-state index < -0.39 is 10.8 Å². The summed E-state index contributed by atoms with van der Waals surface area (Å²) in [6.45, 7) is 0. The molecule has 2 aromatic rings. The second kappa shape index (κ2) is 6.69. The molecule has 0 atom stereocenters. The van der Waals surface area contributed by atoms with Gasteiger partial charge in [0.1, 0.15) is 0 Å². The van der Waals surface area contributed by atoms with Gasteiger partial charge in [0.2, 0.25) is 0 Å². The topological polar surface area (TPSA) is 72.2 Å². The third kappa shape index (κ3) is 4.03. The molecule has 0 aliphatic carbocycles. The Hall–Kier alpha value is -1.92. The van der Waals surface area contributed by atoms with Crippen LogP contribution in [0.15, 0.2) is 46.9 Å². The van der Waals surface area contributed by atoms with Crippen LogP contribution in [-0.2, 0) is 5.88 Å². The van der Waals surface area contributed by atoms with Crippen molar-refractivity contribution in [3.8, 4) is 0 Å². The van der Waals surface area contributed by atoms with Gasteiger partial charge in [-0.05, 0) is 23.8 Å². The van der Waals surface area contributed by atoms with Crippen LogP contribution in [0.25, 0.3) is 0 Å². The van der Waals surface area contributed by atoms with E-state index in [0.717, 1.165) is 5.56 Å². The van der Waals surface area contributed by atoms with Gasteiger partial charge in [-0.25, -0.2) is 0 Å². The molecular weight excluding hydrogens is 360 g/mol. The van der Waals surface area contributed by atoms with Crippen molar-refractivity contribution in [2.75, 3.05) is 5.32 Å². The van der Waals surface area contributed by atoms with E-state index in [1.54, 1.807) is 18.2 Å². The number of benzene rings is 2. The molecule has 0 saturated carbocycles. The summed E-state index contributed by atoms with van der Waals surface area (Å²) >= 11 is 8.89. The number of non-ortho nitro benzene ring substituents is 1. The monoisotopic (exact) mass is 368 g/mol. The lowest BCUT2D eigenvalue weighted by Gasteiger charge is -2.07. The SMILES string of the molecule is O=C(Nc1cccc(CCl)c1)c1cc(Br)cc([N+](=O)[O-])c1. The first-order valence-electron chi connectivity index (χ1n) is 5.91. The summed E-state index contributed by atoms with van der Waals surface area (Å²) in [5.74, 6) is -0.0855. The van der Waals surface area contributed by atoms with Gasteiger partial charge in [0.05, 0.1) is 4.92 Å². The van der Waals surface area contributed by atoms with Crippen LogP contribution >= 0.6 is 27.5 Å². The van der Waals surface area contributed by atoms with E-state index in [9.17, 15) is 14.9 Å². The lowest BCUT2D eigenvalue weighted by atomic mass is 10.1. The van der Waals surface area contributed by atoms with Crippen molar-refractivity contribution < 1.29 is 9.72 Å². The van der Waals surface area contributed by atoms with Gasteiger partial charge < -0.3 is 5.32 Å². The van der Waals surface area contributed by atoms with Gasteiger partial charge in [-0.15, -0.1) is 11.6 Å². The number of hydrogen-bond acceptors (Lipinski definition) is 3. The highest BCUT2D eigenvalue weighted by Gasteiger charge is 2.14. The lowest BCUT2D eigenvalue weighted by molar-refractivity contribution is -0.384. The molecule has 1 N–H and O–H groups in total. The maximum Gasteiger partial charge on any atom is 0.271 e. The van der Waals surface area contributed by atoms with Crippen molar-refractivity contribution in [3.05, 3.63) is 68.2 Å². The molecule has 0 unspecified atom stereocenters. The zero-order chi connectivity index (χ0) is 15.4. The molecule has 1 amide bonds. The Kier molecular flexibility index (Phi) is 4.93. The second-order valence-corrected chi connectivity index (χ2v) is 5.43. The van der Waals surface area contributed by atoms with Gasteiger partial charge in [0.25, 0.3) is 11.6 Å². The average Bonchev–Trinajstić information content (AvgIpc) is 2.46. The predicted molar refractivity (Wildman–Crippen MR) is 84.7 cm³/mol. The third-order valence-electron chi connectivity index (χ3n) is 2.69. The summed E-state index contributed by atoms with van der Waals surface area (Å²) in [6, 6.07) is 11.2. The van der Waals surface area contributed by atoms with E-state index in [2.05, 4.69) is 21.2 Å². The molecule has 0 aromatic heterocycles. The molecule has 108 valence electrons. The standard InChI is InChI=1S/C14H10BrClN2O3/c15-11-5-10(6-13(7-11)18(20)21)14(19)17-12-3-1-2-9(4-12)8-16/h1-7H,8H2,(H,17,19).